The first-order valence-corrected chi connectivity index (χ1v) is 9.95. The van der Waals surface area contributed by atoms with Crippen LogP contribution in [0.15, 0.2) is 30.0 Å². The van der Waals surface area contributed by atoms with Crippen molar-refractivity contribution in [2.24, 2.45) is 5.92 Å². The lowest BCUT2D eigenvalue weighted by Crippen LogP contribution is -2.39. The highest BCUT2D eigenvalue weighted by Crippen LogP contribution is 2.42. The second kappa shape index (κ2) is 10.5. The number of hydrogen-bond acceptors (Lipinski definition) is 7. The number of ether oxygens (including phenoxy) is 5. The standard InChI is InChI=1S/C21H29NO7/c1-3-26-21-15(5-4-9-23)16(12-19(29-21)20(24)22-8-10-25-2)14-6-7-17-18(11-14)28-13-27-17/h6-7,11-12,15-16,21,23H,3-5,8-10,13H2,1-2H3,(H,22,24)/t15-,16+,21+/m1/s1. The summed E-state index contributed by atoms with van der Waals surface area (Å²) in [6.07, 6.45) is 2.55. The van der Waals surface area contributed by atoms with E-state index in [2.05, 4.69) is 5.32 Å². The van der Waals surface area contributed by atoms with Crippen LogP contribution in [0, 0.1) is 5.92 Å². The van der Waals surface area contributed by atoms with Gasteiger partial charge in [0.2, 0.25) is 13.1 Å². The minimum atomic E-state index is -0.588. The van der Waals surface area contributed by atoms with Gasteiger partial charge in [-0.2, -0.15) is 0 Å². The number of aliphatic hydroxyl groups excluding tert-OH is 1. The maximum atomic E-state index is 12.6. The predicted molar refractivity (Wildman–Crippen MR) is 105 cm³/mol. The smallest absolute Gasteiger partial charge is 0.286 e. The molecule has 0 aromatic heterocycles. The molecule has 3 rings (SSSR count). The molecule has 0 saturated heterocycles. The minimum Gasteiger partial charge on any atom is -0.459 e. The van der Waals surface area contributed by atoms with E-state index in [1.807, 2.05) is 31.2 Å². The van der Waals surface area contributed by atoms with E-state index in [9.17, 15) is 9.90 Å². The molecule has 2 heterocycles. The number of hydrogen-bond donors (Lipinski definition) is 2. The van der Waals surface area contributed by atoms with E-state index >= 15 is 0 Å². The molecule has 0 bridgehead atoms. The topological polar surface area (TPSA) is 95.5 Å². The number of rotatable bonds is 10. The third kappa shape index (κ3) is 5.20. The number of fused-ring (bicyclic) bond motifs is 1. The van der Waals surface area contributed by atoms with Crippen molar-refractivity contribution in [1.82, 2.24) is 5.32 Å². The van der Waals surface area contributed by atoms with Crippen molar-refractivity contribution in [3.8, 4) is 11.5 Å². The minimum absolute atomic E-state index is 0.0574. The van der Waals surface area contributed by atoms with E-state index < -0.39 is 6.29 Å². The van der Waals surface area contributed by atoms with Crippen molar-refractivity contribution in [2.75, 3.05) is 40.3 Å². The van der Waals surface area contributed by atoms with Crippen molar-refractivity contribution >= 4 is 5.91 Å². The first kappa shape index (κ1) is 21.4. The monoisotopic (exact) mass is 407 g/mol. The maximum absolute atomic E-state index is 12.6. The first-order chi connectivity index (χ1) is 14.2. The number of benzene rings is 1. The van der Waals surface area contributed by atoms with Gasteiger partial charge >= 0.3 is 0 Å². The molecule has 0 aliphatic carbocycles. The van der Waals surface area contributed by atoms with Crippen molar-refractivity contribution in [1.29, 1.82) is 0 Å². The van der Waals surface area contributed by atoms with Gasteiger partial charge in [-0.15, -0.1) is 0 Å². The van der Waals surface area contributed by atoms with Gasteiger partial charge in [-0.3, -0.25) is 4.79 Å². The zero-order chi connectivity index (χ0) is 20.6. The number of carbonyl (C=O) groups is 1. The van der Waals surface area contributed by atoms with Crippen LogP contribution in [0.1, 0.15) is 31.2 Å². The van der Waals surface area contributed by atoms with Crippen LogP contribution in [0.3, 0.4) is 0 Å². The molecule has 8 heteroatoms. The summed E-state index contributed by atoms with van der Waals surface area (Å²) in [5, 5.41) is 12.1. The Bertz CT molecular complexity index is 721. The van der Waals surface area contributed by atoms with Crippen LogP contribution in [0.4, 0.5) is 0 Å². The number of allylic oxidation sites excluding steroid dienone is 1. The molecule has 0 radical (unpaired) electrons. The van der Waals surface area contributed by atoms with Gasteiger partial charge in [-0.05, 0) is 43.5 Å². The normalized spacial score (nSPS) is 22.7. The molecule has 1 aromatic carbocycles. The number of carbonyl (C=O) groups excluding carboxylic acids is 1. The number of methoxy groups -OCH3 is 1. The largest absolute Gasteiger partial charge is 0.459 e. The van der Waals surface area contributed by atoms with Crippen LogP contribution in [-0.4, -0.2) is 57.6 Å². The average Bonchev–Trinajstić information content (AvgIpc) is 3.20. The highest BCUT2D eigenvalue weighted by Gasteiger charge is 2.38. The summed E-state index contributed by atoms with van der Waals surface area (Å²) >= 11 is 0. The summed E-state index contributed by atoms with van der Waals surface area (Å²) in [7, 11) is 1.58. The molecule has 3 atom stereocenters. The molecule has 8 nitrogen and oxygen atoms in total. The Morgan fingerprint density at radius 3 is 2.90 bits per heavy atom. The molecule has 0 saturated carbocycles. The molecule has 0 fully saturated rings. The van der Waals surface area contributed by atoms with E-state index in [1.165, 1.54) is 0 Å². The fourth-order valence-corrected chi connectivity index (χ4v) is 3.62. The molecule has 0 spiro atoms. The molecule has 160 valence electrons. The Hall–Kier alpha value is -2.29. The van der Waals surface area contributed by atoms with Gasteiger partial charge in [0.15, 0.2) is 17.3 Å². The van der Waals surface area contributed by atoms with E-state index in [1.54, 1.807) is 7.11 Å². The first-order valence-electron chi connectivity index (χ1n) is 9.95. The molecule has 2 aliphatic rings. The van der Waals surface area contributed by atoms with Gasteiger partial charge in [-0.25, -0.2) is 0 Å². The summed E-state index contributed by atoms with van der Waals surface area (Å²) in [6.45, 7) is 3.42. The van der Waals surface area contributed by atoms with Gasteiger partial charge in [0.25, 0.3) is 5.91 Å². The summed E-state index contributed by atoms with van der Waals surface area (Å²) in [5.74, 6) is 1.11. The predicted octanol–water partition coefficient (Wildman–Crippen LogP) is 1.93. The fourth-order valence-electron chi connectivity index (χ4n) is 3.62. The van der Waals surface area contributed by atoms with Crippen molar-refractivity contribution < 1.29 is 33.6 Å². The van der Waals surface area contributed by atoms with E-state index in [4.69, 9.17) is 23.7 Å². The number of nitrogens with one attached hydrogen (secondary N) is 1. The average molecular weight is 407 g/mol. The quantitative estimate of drug-likeness (QED) is 0.572. The van der Waals surface area contributed by atoms with Gasteiger partial charge in [-0.1, -0.05) is 6.07 Å². The summed E-state index contributed by atoms with van der Waals surface area (Å²) in [6, 6.07) is 5.78. The third-order valence-corrected chi connectivity index (χ3v) is 5.01. The Labute approximate surface area is 170 Å². The van der Waals surface area contributed by atoms with Crippen molar-refractivity contribution in [3.63, 3.8) is 0 Å². The third-order valence-electron chi connectivity index (χ3n) is 5.01. The van der Waals surface area contributed by atoms with Gasteiger partial charge in [0, 0.05) is 38.7 Å². The molecule has 1 aromatic rings. The second-order valence-corrected chi connectivity index (χ2v) is 6.89. The van der Waals surface area contributed by atoms with Crippen LogP contribution in [0.5, 0.6) is 11.5 Å². The lowest BCUT2D eigenvalue weighted by Gasteiger charge is -2.37. The number of aliphatic hydroxyl groups is 1. The second-order valence-electron chi connectivity index (χ2n) is 6.89. The molecule has 0 unspecified atom stereocenters. The SMILES string of the molecule is CCO[C@H]1OC(C(=O)NCCOC)=C[C@@H](c2ccc3c(c2)OCO3)[C@H]1CCCO. The Kier molecular flexibility index (Phi) is 7.74. The highest BCUT2D eigenvalue weighted by atomic mass is 16.7. The highest BCUT2D eigenvalue weighted by molar-refractivity contribution is 5.91. The number of amides is 1. The van der Waals surface area contributed by atoms with Gasteiger partial charge in [0.1, 0.15) is 0 Å². The summed E-state index contributed by atoms with van der Waals surface area (Å²) < 4.78 is 27.7. The van der Waals surface area contributed by atoms with Crippen LogP contribution in [0.25, 0.3) is 0 Å². The molecule has 1 amide bonds. The maximum Gasteiger partial charge on any atom is 0.286 e. The fraction of sp³-hybridized carbons (Fsp3) is 0.571. The molecule has 29 heavy (non-hydrogen) atoms. The lowest BCUT2D eigenvalue weighted by atomic mass is 9.80. The summed E-state index contributed by atoms with van der Waals surface area (Å²) in [4.78, 5) is 12.6. The summed E-state index contributed by atoms with van der Waals surface area (Å²) in [5.41, 5.74) is 0.979. The Morgan fingerprint density at radius 1 is 1.31 bits per heavy atom. The van der Waals surface area contributed by atoms with Crippen molar-refractivity contribution in [2.45, 2.75) is 32.0 Å². The van der Waals surface area contributed by atoms with Crippen LogP contribution >= 0.6 is 0 Å². The van der Waals surface area contributed by atoms with Crippen molar-refractivity contribution in [3.05, 3.63) is 35.6 Å². The molecule has 2 aliphatic heterocycles. The Morgan fingerprint density at radius 2 is 2.14 bits per heavy atom. The van der Waals surface area contributed by atoms with Gasteiger partial charge < -0.3 is 34.1 Å². The Balaban J connectivity index is 1.90. The molecular formula is C21H29NO7. The van der Waals surface area contributed by atoms with E-state index in [0.717, 1.165) is 5.56 Å². The van der Waals surface area contributed by atoms with Crippen LogP contribution in [-0.2, 0) is 19.0 Å². The van der Waals surface area contributed by atoms with E-state index in [-0.39, 0.29) is 36.9 Å². The zero-order valence-electron chi connectivity index (χ0n) is 16.9. The van der Waals surface area contributed by atoms with Gasteiger partial charge in [0.05, 0.1) is 6.61 Å². The molecular weight excluding hydrogens is 378 g/mol. The zero-order valence-corrected chi connectivity index (χ0v) is 16.9. The van der Waals surface area contributed by atoms with Crippen LogP contribution in [0.2, 0.25) is 0 Å². The lowest BCUT2D eigenvalue weighted by molar-refractivity contribution is -0.166. The van der Waals surface area contributed by atoms with E-state index in [0.29, 0.717) is 44.1 Å². The molecule has 2 N–H and O–H groups in total. The van der Waals surface area contributed by atoms with Crippen LogP contribution < -0.4 is 14.8 Å².